The van der Waals surface area contributed by atoms with E-state index in [1.54, 1.807) is 7.11 Å². The van der Waals surface area contributed by atoms with Crippen molar-refractivity contribution in [3.8, 4) is 17.2 Å². The number of nitrogens with one attached hydrogen (secondary N) is 2. The Morgan fingerprint density at radius 3 is 2.00 bits per heavy atom. The number of hydrogen-bond acceptors (Lipinski definition) is 3. The van der Waals surface area contributed by atoms with Gasteiger partial charge in [0.1, 0.15) is 17.2 Å². The van der Waals surface area contributed by atoms with Crippen LogP contribution in [0.5, 0.6) is 17.2 Å². The zero-order chi connectivity index (χ0) is 19.8. The summed E-state index contributed by atoms with van der Waals surface area (Å²) in [7, 11) is 1.67. The molecule has 3 aromatic rings. The molecule has 0 fully saturated rings. The first-order chi connectivity index (χ1) is 13.6. The summed E-state index contributed by atoms with van der Waals surface area (Å²) in [5.41, 5.74) is 3.35. The van der Waals surface area contributed by atoms with Gasteiger partial charge in [-0.1, -0.05) is 29.8 Å². The van der Waals surface area contributed by atoms with Gasteiger partial charge in [-0.25, -0.2) is 0 Å². The molecule has 144 valence electrons. The van der Waals surface area contributed by atoms with E-state index in [0.717, 1.165) is 35.9 Å². The maximum atomic E-state index is 5.84. The number of hydrogen-bond donors (Lipinski definition) is 2. The van der Waals surface area contributed by atoms with Crippen LogP contribution in [0.25, 0.3) is 0 Å². The second-order valence-corrected chi connectivity index (χ2v) is 6.83. The van der Waals surface area contributed by atoms with Crippen molar-refractivity contribution in [2.24, 2.45) is 0 Å². The largest absolute Gasteiger partial charge is 0.497 e. The maximum absolute atomic E-state index is 5.84. The smallest absolute Gasteiger partial charge is 0.170 e. The van der Waals surface area contributed by atoms with Gasteiger partial charge in [-0.05, 0) is 79.7 Å². The molecule has 0 aliphatic carbocycles. The highest BCUT2D eigenvalue weighted by Crippen LogP contribution is 2.23. The molecule has 0 bridgehead atoms. The average molecular weight is 393 g/mol. The van der Waals surface area contributed by atoms with Gasteiger partial charge in [-0.2, -0.15) is 0 Å². The van der Waals surface area contributed by atoms with Crippen LogP contribution < -0.4 is 20.1 Å². The zero-order valence-electron chi connectivity index (χ0n) is 16.1. The first kappa shape index (κ1) is 19.7. The molecule has 2 N–H and O–H groups in total. The minimum Gasteiger partial charge on any atom is -0.497 e. The van der Waals surface area contributed by atoms with Crippen LogP contribution in [0.2, 0.25) is 0 Å². The molecule has 3 rings (SSSR count). The van der Waals surface area contributed by atoms with E-state index in [1.807, 2.05) is 60.7 Å². The predicted molar refractivity (Wildman–Crippen MR) is 119 cm³/mol. The number of rotatable bonds is 7. The minimum atomic E-state index is 0.598. The molecular formula is C23H24N2O2S. The molecule has 0 saturated heterocycles. The summed E-state index contributed by atoms with van der Waals surface area (Å²) in [6, 6.07) is 23.8. The molecule has 5 heteroatoms. The minimum absolute atomic E-state index is 0.598. The van der Waals surface area contributed by atoms with E-state index in [1.165, 1.54) is 11.1 Å². The monoisotopic (exact) mass is 392 g/mol. The highest BCUT2D eigenvalue weighted by molar-refractivity contribution is 7.80. The Morgan fingerprint density at radius 2 is 1.39 bits per heavy atom. The standard InChI is InChI=1S/C23H24N2O2S/c1-17-3-9-21(10-4-17)27-22-13-7-19(8-14-22)25-23(28)24-16-15-18-5-11-20(26-2)12-6-18/h3-14H,15-16H2,1-2H3,(H2,24,25,28). The molecule has 0 radical (unpaired) electrons. The molecule has 0 aromatic heterocycles. The fourth-order valence-corrected chi connectivity index (χ4v) is 2.86. The third kappa shape index (κ3) is 5.99. The molecule has 0 spiro atoms. The van der Waals surface area contributed by atoms with E-state index in [-0.39, 0.29) is 0 Å². The second kappa shape index (κ2) is 9.76. The molecule has 0 heterocycles. The van der Waals surface area contributed by atoms with E-state index in [9.17, 15) is 0 Å². The van der Waals surface area contributed by atoms with Gasteiger partial charge in [0, 0.05) is 12.2 Å². The number of anilines is 1. The molecule has 0 unspecified atom stereocenters. The molecule has 0 saturated carbocycles. The fraction of sp³-hybridized carbons (Fsp3) is 0.174. The van der Waals surface area contributed by atoms with Crippen LogP contribution in [0.3, 0.4) is 0 Å². The van der Waals surface area contributed by atoms with Crippen molar-refractivity contribution in [2.75, 3.05) is 19.0 Å². The van der Waals surface area contributed by atoms with Crippen molar-refractivity contribution < 1.29 is 9.47 Å². The summed E-state index contributed by atoms with van der Waals surface area (Å²) in [6.45, 7) is 2.81. The first-order valence-electron chi connectivity index (χ1n) is 9.15. The number of aryl methyl sites for hydroxylation is 1. The zero-order valence-corrected chi connectivity index (χ0v) is 16.9. The van der Waals surface area contributed by atoms with Gasteiger partial charge < -0.3 is 20.1 Å². The average Bonchev–Trinajstić information content (AvgIpc) is 2.72. The van der Waals surface area contributed by atoms with Crippen molar-refractivity contribution in [1.82, 2.24) is 5.32 Å². The van der Waals surface area contributed by atoms with Crippen LogP contribution in [0.15, 0.2) is 72.8 Å². The molecule has 0 amide bonds. The lowest BCUT2D eigenvalue weighted by Crippen LogP contribution is -2.30. The Labute approximate surface area is 171 Å². The van der Waals surface area contributed by atoms with E-state index >= 15 is 0 Å². The summed E-state index contributed by atoms with van der Waals surface area (Å²) in [5, 5.41) is 7.01. The molecule has 28 heavy (non-hydrogen) atoms. The quantitative estimate of drug-likeness (QED) is 0.532. The van der Waals surface area contributed by atoms with Gasteiger partial charge >= 0.3 is 0 Å². The lowest BCUT2D eigenvalue weighted by Gasteiger charge is -2.12. The summed E-state index contributed by atoms with van der Waals surface area (Å²) in [4.78, 5) is 0. The lowest BCUT2D eigenvalue weighted by atomic mass is 10.1. The van der Waals surface area contributed by atoms with Crippen molar-refractivity contribution in [2.45, 2.75) is 13.3 Å². The molecule has 0 atom stereocenters. The van der Waals surface area contributed by atoms with Crippen molar-refractivity contribution >= 4 is 23.0 Å². The van der Waals surface area contributed by atoms with Crippen LogP contribution in [0, 0.1) is 6.92 Å². The van der Waals surface area contributed by atoms with Crippen LogP contribution >= 0.6 is 12.2 Å². The van der Waals surface area contributed by atoms with Crippen LogP contribution in [0.4, 0.5) is 5.69 Å². The Bertz CT molecular complexity index is 891. The molecule has 0 aliphatic heterocycles. The second-order valence-electron chi connectivity index (χ2n) is 6.42. The Balaban J connectivity index is 1.44. The summed E-state index contributed by atoms with van der Waals surface area (Å²) in [6.07, 6.45) is 0.884. The van der Waals surface area contributed by atoms with Crippen LogP contribution in [0.1, 0.15) is 11.1 Å². The third-order valence-corrected chi connectivity index (χ3v) is 4.47. The van der Waals surface area contributed by atoms with E-state index in [0.29, 0.717) is 5.11 Å². The van der Waals surface area contributed by atoms with Crippen molar-refractivity contribution in [1.29, 1.82) is 0 Å². The fourth-order valence-electron chi connectivity index (χ4n) is 2.64. The SMILES string of the molecule is COc1ccc(CCNC(=S)Nc2ccc(Oc3ccc(C)cc3)cc2)cc1. The van der Waals surface area contributed by atoms with Crippen LogP contribution in [-0.4, -0.2) is 18.8 Å². The topological polar surface area (TPSA) is 42.5 Å². The molecular weight excluding hydrogens is 368 g/mol. The molecule has 0 aliphatic rings. The Morgan fingerprint density at radius 1 is 0.821 bits per heavy atom. The van der Waals surface area contributed by atoms with Gasteiger partial charge in [0.15, 0.2) is 5.11 Å². The molecule has 3 aromatic carbocycles. The van der Waals surface area contributed by atoms with Gasteiger partial charge in [-0.3, -0.25) is 0 Å². The van der Waals surface area contributed by atoms with E-state index in [2.05, 4.69) is 29.7 Å². The van der Waals surface area contributed by atoms with E-state index < -0.39 is 0 Å². The van der Waals surface area contributed by atoms with Gasteiger partial charge in [0.2, 0.25) is 0 Å². The van der Waals surface area contributed by atoms with Gasteiger partial charge in [0.25, 0.3) is 0 Å². The third-order valence-electron chi connectivity index (χ3n) is 4.23. The maximum Gasteiger partial charge on any atom is 0.170 e. The summed E-state index contributed by atoms with van der Waals surface area (Å²) < 4.78 is 11.0. The van der Waals surface area contributed by atoms with Gasteiger partial charge in [-0.15, -0.1) is 0 Å². The summed E-state index contributed by atoms with van der Waals surface area (Å²) >= 11 is 5.37. The highest BCUT2D eigenvalue weighted by atomic mass is 32.1. The van der Waals surface area contributed by atoms with Crippen molar-refractivity contribution in [3.63, 3.8) is 0 Å². The lowest BCUT2D eigenvalue weighted by molar-refractivity contribution is 0.414. The number of methoxy groups -OCH3 is 1. The number of thiocarbonyl (C=S) groups is 1. The van der Waals surface area contributed by atoms with Gasteiger partial charge in [0.05, 0.1) is 7.11 Å². The first-order valence-corrected chi connectivity index (χ1v) is 9.55. The van der Waals surface area contributed by atoms with Crippen molar-refractivity contribution in [3.05, 3.63) is 83.9 Å². The summed E-state index contributed by atoms with van der Waals surface area (Å²) in [5.74, 6) is 2.47. The number of ether oxygens (including phenoxy) is 2. The normalized spacial score (nSPS) is 10.2. The predicted octanol–water partition coefficient (Wildman–Crippen LogP) is 5.33. The van der Waals surface area contributed by atoms with E-state index in [4.69, 9.17) is 21.7 Å². The number of benzene rings is 3. The molecule has 4 nitrogen and oxygen atoms in total. The Kier molecular flexibility index (Phi) is 6.87. The highest BCUT2D eigenvalue weighted by Gasteiger charge is 2.01. The Hall–Kier alpha value is -3.05. The van der Waals surface area contributed by atoms with Crippen LogP contribution in [-0.2, 0) is 6.42 Å².